The van der Waals surface area contributed by atoms with Crippen LogP contribution in [0.2, 0.25) is 5.02 Å². The molecule has 0 heterocycles. The molecule has 2 unspecified atom stereocenters. The zero-order chi connectivity index (χ0) is 11.3. The zero-order valence-corrected chi connectivity index (χ0v) is 10.00. The largest absolute Gasteiger partial charge is 0.384 e. The topological polar surface area (TPSA) is 35.2 Å². The molecule has 2 atom stereocenters. The Kier molecular flexibility index (Phi) is 5.09. The van der Waals surface area contributed by atoms with Crippen molar-refractivity contribution in [3.05, 3.63) is 34.9 Å². The molecule has 0 bridgehead atoms. The Morgan fingerprint density at radius 3 is 2.80 bits per heavy atom. The van der Waals surface area contributed by atoms with Crippen molar-refractivity contribution < 1.29 is 4.74 Å². The van der Waals surface area contributed by atoms with Crippen LogP contribution in [0.1, 0.15) is 24.9 Å². The number of halogens is 1. The Morgan fingerprint density at radius 2 is 2.20 bits per heavy atom. The highest BCUT2D eigenvalue weighted by atomic mass is 35.5. The van der Waals surface area contributed by atoms with E-state index in [1.165, 1.54) is 0 Å². The van der Waals surface area contributed by atoms with Crippen LogP contribution in [0.4, 0.5) is 0 Å². The van der Waals surface area contributed by atoms with E-state index in [-0.39, 0.29) is 6.04 Å². The molecule has 0 saturated heterocycles. The second-order valence-electron chi connectivity index (χ2n) is 3.96. The smallest absolute Gasteiger partial charge is 0.0488 e. The molecular weight excluding hydrogens is 210 g/mol. The van der Waals surface area contributed by atoms with Gasteiger partial charge in [0, 0.05) is 24.8 Å². The van der Waals surface area contributed by atoms with Gasteiger partial charge >= 0.3 is 0 Å². The van der Waals surface area contributed by atoms with E-state index >= 15 is 0 Å². The summed E-state index contributed by atoms with van der Waals surface area (Å²) in [7, 11) is 1.71. The van der Waals surface area contributed by atoms with Crippen LogP contribution in [0.15, 0.2) is 24.3 Å². The van der Waals surface area contributed by atoms with E-state index in [2.05, 4.69) is 6.92 Å². The number of hydrogen-bond donors (Lipinski definition) is 1. The molecule has 2 nitrogen and oxygen atoms in total. The van der Waals surface area contributed by atoms with Crippen molar-refractivity contribution in [3.8, 4) is 0 Å². The summed E-state index contributed by atoms with van der Waals surface area (Å²) in [5.41, 5.74) is 7.17. The van der Waals surface area contributed by atoms with E-state index in [1.54, 1.807) is 7.11 Å². The summed E-state index contributed by atoms with van der Waals surface area (Å²) in [6.07, 6.45) is 0.911. The molecule has 1 aromatic carbocycles. The highest BCUT2D eigenvalue weighted by Crippen LogP contribution is 2.21. The first-order valence-corrected chi connectivity index (χ1v) is 5.51. The van der Waals surface area contributed by atoms with Gasteiger partial charge in [-0.25, -0.2) is 0 Å². The van der Waals surface area contributed by atoms with Crippen molar-refractivity contribution in [2.45, 2.75) is 19.4 Å². The maximum atomic E-state index is 6.08. The van der Waals surface area contributed by atoms with Crippen molar-refractivity contribution in [2.75, 3.05) is 13.7 Å². The van der Waals surface area contributed by atoms with Crippen LogP contribution >= 0.6 is 11.6 Å². The predicted octanol–water partition coefficient (Wildman–Crippen LogP) is 3.01. The number of methoxy groups -OCH3 is 1. The van der Waals surface area contributed by atoms with Crippen molar-refractivity contribution in [1.82, 2.24) is 0 Å². The standard InChI is InChI=1S/C12H18ClNO/c1-9(8-15-2)6-12(14)10-4-3-5-11(13)7-10/h3-5,7,9,12H,6,8,14H2,1-2H3. The van der Waals surface area contributed by atoms with Gasteiger partial charge in [0.2, 0.25) is 0 Å². The first kappa shape index (κ1) is 12.5. The van der Waals surface area contributed by atoms with Gasteiger partial charge in [-0.3, -0.25) is 0 Å². The van der Waals surface area contributed by atoms with Gasteiger partial charge in [-0.1, -0.05) is 30.7 Å². The summed E-state index contributed by atoms with van der Waals surface area (Å²) in [6.45, 7) is 2.88. The van der Waals surface area contributed by atoms with Crippen LogP contribution < -0.4 is 5.73 Å². The molecule has 3 heteroatoms. The van der Waals surface area contributed by atoms with E-state index in [9.17, 15) is 0 Å². The lowest BCUT2D eigenvalue weighted by Gasteiger charge is -2.17. The average molecular weight is 228 g/mol. The molecule has 84 valence electrons. The number of nitrogens with two attached hydrogens (primary N) is 1. The fraction of sp³-hybridized carbons (Fsp3) is 0.500. The van der Waals surface area contributed by atoms with Crippen molar-refractivity contribution >= 4 is 11.6 Å². The van der Waals surface area contributed by atoms with Gasteiger partial charge in [0.1, 0.15) is 0 Å². The predicted molar refractivity (Wildman–Crippen MR) is 64.0 cm³/mol. The Balaban J connectivity index is 2.56. The molecule has 0 radical (unpaired) electrons. The Bertz CT molecular complexity index is 303. The second-order valence-corrected chi connectivity index (χ2v) is 4.39. The highest BCUT2D eigenvalue weighted by Gasteiger charge is 2.11. The van der Waals surface area contributed by atoms with Gasteiger partial charge in [0.15, 0.2) is 0 Å². The van der Waals surface area contributed by atoms with Gasteiger partial charge in [-0.2, -0.15) is 0 Å². The molecule has 0 aliphatic carbocycles. The Hall–Kier alpha value is -0.570. The Labute approximate surface area is 96.4 Å². The van der Waals surface area contributed by atoms with Crippen LogP contribution in [0.3, 0.4) is 0 Å². The molecule has 15 heavy (non-hydrogen) atoms. The fourth-order valence-electron chi connectivity index (χ4n) is 1.66. The summed E-state index contributed by atoms with van der Waals surface area (Å²) in [5.74, 6) is 0.462. The lowest BCUT2D eigenvalue weighted by atomic mass is 9.97. The van der Waals surface area contributed by atoms with Crippen LogP contribution in [-0.2, 0) is 4.74 Å². The summed E-state index contributed by atoms with van der Waals surface area (Å²) < 4.78 is 5.08. The molecule has 1 rings (SSSR count). The fourth-order valence-corrected chi connectivity index (χ4v) is 1.86. The van der Waals surface area contributed by atoms with Gasteiger partial charge in [-0.05, 0) is 30.0 Å². The molecule has 0 spiro atoms. The first-order chi connectivity index (χ1) is 7.13. The third-order valence-corrected chi connectivity index (χ3v) is 2.62. The average Bonchev–Trinajstić information content (AvgIpc) is 2.18. The van der Waals surface area contributed by atoms with E-state index in [0.717, 1.165) is 23.6 Å². The minimum absolute atomic E-state index is 0.0360. The second kappa shape index (κ2) is 6.11. The van der Waals surface area contributed by atoms with Crippen LogP contribution in [0.5, 0.6) is 0 Å². The zero-order valence-electron chi connectivity index (χ0n) is 9.24. The lowest BCUT2D eigenvalue weighted by molar-refractivity contribution is 0.152. The van der Waals surface area contributed by atoms with E-state index < -0.39 is 0 Å². The van der Waals surface area contributed by atoms with Gasteiger partial charge in [-0.15, -0.1) is 0 Å². The molecule has 0 aromatic heterocycles. The summed E-state index contributed by atoms with van der Waals surface area (Å²) >= 11 is 5.91. The molecule has 0 amide bonds. The van der Waals surface area contributed by atoms with Gasteiger partial charge in [0.05, 0.1) is 0 Å². The monoisotopic (exact) mass is 227 g/mol. The minimum atomic E-state index is 0.0360. The SMILES string of the molecule is COCC(C)CC(N)c1cccc(Cl)c1. The lowest BCUT2D eigenvalue weighted by Crippen LogP contribution is -2.16. The molecule has 0 aliphatic rings. The molecule has 1 aromatic rings. The third kappa shape index (κ3) is 4.20. The number of ether oxygens (including phenoxy) is 1. The maximum absolute atomic E-state index is 6.08. The summed E-state index contributed by atoms with van der Waals surface area (Å²) in [5, 5.41) is 0.738. The van der Waals surface area contributed by atoms with Crippen molar-refractivity contribution in [3.63, 3.8) is 0 Å². The number of rotatable bonds is 5. The Morgan fingerprint density at radius 1 is 1.47 bits per heavy atom. The molecule has 0 fully saturated rings. The molecule has 2 N–H and O–H groups in total. The minimum Gasteiger partial charge on any atom is -0.384 e. The molecule has 0 saturated carbocycles. The summed E-state index contributed by atoms with van der Waals surface area (Å²) in [4.78, 5) is 0. The van der Waals surface area contributed by atoms with Crippen LogP contribution in [-0.4, -0.2) is 13.7 Å². The maximum Gasteiger partial charge on any atom is 0.0488 e. The quantitative estimate of drug-likeness (QED) is 0.840. The molecule has 0 aliphatic heterocycles. The summed E-state index contributed by atoms with van der Waals surface area (Å²) in [6, 6.07) is 7.75. The van der Waals surface area contributed by atoms with E-state index in [4.69, 9.17) is 22.1 Å². The number of hydrogen-bond acceptors (Lipinski definition) is 2. The third-order valence-electron chi connectivity index (χ3n) is 2.38. The van der Waals surface area contributed by atoms with Crippen LogP contribution in [0.25, 0.3) is 0 Å². The van der Waals surface area contributed by atoms with Gasteiger partial charge in [0.25, 0.3) is 0 Å². The molecular formula is C12H18ClNO. The normalized spacial score (nSPS) is 14.9. The van der Waals surface area contributed by atoms with Crippen molar-refractivity contribution in [1.29, 1.82) is 0 Å². The highest BCUT2D eigenvalue weighted by molar-refractivity contribution is 6.30. The van der Waals surface area contributed by atoms with Gasteiger partial charge < -0.3 is 10.5 Å². The van der Waals surface area contributed by atoms with E-state index in [0.29, 0.717) is 5.92 Å². The van der Waals surface area contributed by atoms with E-state index in [1.807, 2.05) is 24.3 Å². The first-order valence-electron chi connectivity index (χ1n) is 5.13. The van der Waals surface area contributed by atoms with Crippen LogP contribution in [0, 0.1) is 5.92 Å². The number of benzene rings is 1. The van der Waals surface area contributed by atoms with Crippen molar-refractivity contribution in [2.24, 2.45) is 11.7 Å².